The van der Waals surface area contributed by atoms with E-state index < -0.39 is 11.8 Å². The van der Waals surface area contributed by atoms with Crippen LogP contribution in [0.3, 0.4) is 0 Å². The van der Waals surface area contributed by atoms with Crippen molar-refractivity contribution >= 4 is 17.9 Å². The molecule has 6 nitrogen and oxygen atoms in total. The Morgan fingerprint density at radius 1 is 1.03 bits per heavy atom. The van der Waals surface area contributed by atoms with Gasteiger partial charge in [-0.15, -0.1) is 0 Å². The number of nitrogens with zero attached hydrogens (tertiary/aromatic N) is 2. The fourth-order valence-electron chi connectivity index (χ4n) is 3.61. The molecule has 2 aromatic carbocycles. The van der Waals surface area contributed by atoms with Gasteiger partial charge in [0.25, 0.3) is 11.8 Å². The largest absolute Gasteiger partial charge is 0.493 e. The number of imide groups is 1. The highest BCUT2D eigenvalue weighted by molar-refractivity contribution is 6.19. The molecule has 0 aromatic heterocycles. The molecule has 6 heteroatoms. The first-order valence-electron chi connectivity index (χ1n) is 11.3. The van der Waals surface area contributed by atoms with E-state index in [1.54, 1.807) is 32.2 Å². The van der Waals surface area contributed by atoms with E-state index in [9.17, 15) is 14.9 Å². The minimum absolute atomic E-state index is 0.0291. The molecule has 2 aromatic rings. The molecule has 0 bridgehead atoms. The molecule has 1 aliphatic heterocycles. The zero-order chi connectivity index (χ0) is 24.8. The minimum atomic E-state index is -0.575. The number of hydrogen-bond acceptors (Lipinski definition) is 5. The molecule has 0 unspecified atom stereocenters. The number of carbonyl (C=O) groups excluding carboxylic acids is 2. The van der Waals surface area contributed by atoms with E-state index in [0.29, 0.717) is 40.7 Å². The van der Waals surface area contributed by atoms with Crippen LogP contribution in [0.25, 0.3) is 6.08 Å². The van der Waals surface area contributed by atoms with Crippen LogP contribution in [0.1, 0.15) is 43.9 Å². The molecule has 0 radical (unpaired) electrons. The molecule has 0 saturated carbocycles. The predicted molar refractivity (Wildman–Crippen MR) is 131 cm³/mol. The van der Waals surface area contributed by atoms with Gasteiger partial charge in [-0.25, -0.2) is 0 Å². The lowest BCUT2D eigenvalue weighted by Gasteiger charge is -2.27. The summed E-state index contributed by atoms with van der Waals surface area (Å²) in [5.74, 6) is 0.701. The third-order valence-electron chi connectivity index (χ3n) is 5.74. The fourth-order valence-corrected chi connectivity index (χ4v) is 3.61. The van der Waals surface area contributed by atoms with Crippen molar-refractivity contribution in [3.8, 4) is 17.6 Å². The molecule has 0 fully saturated rings. The lowest BCUT2D eigenvalue weighted by Crippen LogP contribution is -2.42. The van der Waals surface area contributed by atoms with Gasteiger partial charge in [-0.3, -0.25) is 14.5 Å². The van der Waals surface area contributed by atoms with Gasteiger partial charge >= 0.3 is 0 Å². The molecular weight excluding hydrogens is 428 g/mol. The summed E-state index contributed by atoms with van der Waals surface area (Å²) in [5, 5.41) is 9.63. The smallest absolute Gasteiger partial charge is 0.271 e. The fraction of sp³-hybridized carbons (Fsp3) is 0.321. The Bertz CT molecular complexity index is 1180. The van der Waals surface area contributed by atoms with Gasteiger partial charge < -0.3 is 9.47 Å². The Balaban J connectivity index is 1.94. The number of ether oxygens (including phenoxy) is 2. The summed E-state index contributed by atoms with van der Waals surface area (Å²) in [6, 6.07) is 15.0. The quantitative estimate of drug-likeness (QED) is 0.400. The van der Waals surface area contributed by atoms with E-state index in [-0.39, 0.29) is 12.1 Å². The molecule has 0 atom stereocenters. The molecule has 1 heterocycles. The number of benzene rings is 2. The molecule has 1 aliphatic rings. The third-order valence-corrected chi connectivity index (χ3v) is 5.74. The van der Waals surface area contributed by atoms with Crippen molar-refractivity contribution in [3.05, 3.63) is 75.9 Å². The number of hydrogen-bond donors (Lipinski definition) is 0. The zero-order valence-electron chi connectivity index (χ0n) is 20.3. The average molecular weight is 459 g/mol. The van der Waals surface area contributed by atoms with Crippen molar-refractivity contribution in [2.45, 2.75) is 40.7 Å². The van der Waals surface area contributed by atoms with E-state index in [0.717, 1.165) is 22.4 Å². The van der Waals surface area contributed by atoms with Crippen LogP contribution in [0.15, 0.2) is 59.2 Å². The van der Waals surface area contributed by atoms with E-state index in [2.05, 4.69) is 13.8 Å². The molecule has 176 valence electrons. The maximum Gasteiger partial charge on any atom is 0.271 e. The molecule has 34 heavy (non-hydrogen) atoms. The Morgan fingerprint density at radius 3 is 2.35 bits per heavy atom. The van der Waals surface area contributed by atoms with Crippen LogP contribution >= 0.6 is 0 Å². The second kappa shape index (κ2) is 10.8. The highest BCUT2D eigenvalue weighted by Gasteiger charge is 2.35. The van der Waals surface area contributed by atoms with Crippen LogP contribution in [0.5, 0.6) is 11.5 Å². The van der Waals surface area contributed by atoms with E-state index in [1.807, 2.05) is 43.3 Å². The van der Waals surface area contributed by atoms with Crippen LogP contribution in [-0.4, -0.2) is 30.4 Å². The molecule has 0 N–H and O–H groups in total. The van der Waals surface area contributed by atoms with Crippen molar-refractivity contribution < 1.29 is 19.1 Å². The molecule has 0 saturated heterocycles. The number of nitriles is 1. The van der Waals surface area contributed by atoms with Crippen molar-refractivity contribution in [1.29, 1.82) is 5.26 Å². The Kier molecular flexibility index (Phi) is 7.91. The van der Waals surface area contributed by atoms with E-state index in [1.165, 1.54) is 0 Å². The summed E-state index contributed by atoms with van der Waals surface area (Å²) < 4.78 is 11.3. The number of aryl methyl sites for hydroxylation is 1. The van der Waals surface area contributed by atoms with Gasteiger partial charge in [0.1, 0.15) is 11.6 Å². The number of rotatable bonds is 8. The van der Waals surface area contributed by atoms with Crippen molar-refractivity contribution in [2.75, 3.05) is 13.7 Å². The van der Waals surface area contributed by atoms with Gasteiger partial charge in [0.05, 0.1) is 20.3 Å². The van der Waals surface area contributed by atoms with Gasteiger partial charge in [-0.1, -0.05) is 49.7 Å². The lowest BCUT2D eigenvalue weighted by molar-refractivity contribution is -0.141. The van der Waals surface area contributed by atoms with Crippen LogP contribution in [0, 0.1) is 24.2 Å². The second-order valence-corrected chi connectivity index (χ2v) is 8.79. The van der Waals surface area contributed by atoms with Gasteiger partial charge in [0.2, 0.25) is 0 Å². The molecular formula is C28H30N2O4. The molecule has 0 spiro atoms. The predicted octanol–water partition coefficient (Wildman–Crippen LogP) is 5.22. The minimum Gasteiger partial charge on any atom is -0.493 e. The Hall–Kier alpha value is -3.85. The van der Waals surface area contributed by atoms with Gasteiger partial charge in [0, 0.05) is 5.57 Å². The summed E-state index contributed by atoms with van der Waals surface area (Å²) in [6.45, 7) is 8.54. The first-order valence-corrected chi connectivity index (χ1v) is 11.3. The first kappa shape index (κ1) is 24.8. The summed E-state index contributed by atoms with van der Waals surface area (Å²) >= 11 is 0. The van der Waals surface area contributed by atoms with Gasteiger partial charge in [-0.05, 0) is 61.1 Å². The molecule has 0 aliphatic carbocycles. The molecule has 3 rings (SSSR count). The zero-order valence-corrected chi connectivity index (χ0v) is 20.3. The van der Waals surface area contributed by atoms with Crippen molar-refractivity contribution in [3.63, 3.8) is 0 Å². The Morgan fingerprint density at radius 2 is 1.74 bits per heavy atom. The highest BCUT2D eigenvalue weighted by Crippen LogP contribution is 2.32. The summed E-state index contributed by atoms with van der Waals surface area (Å²) in [7, 11) is 1.56. The van der Waals surface area contributed by atoms with Crippen molar-refractivity contribution in [2.24, 2.45) is 5.92 Å². The summed E-state index contributed by atoms with van der Waals surface area (Å²) in [5.41, 5.74) is 3.25. The number of carbonyl (C=O) groups is 2. The summed E-state index contributed by atoms with van der Waals surface area (Å²) in [4.78, 5) is 27.4. The average Bonchev–Trinajstić information content (AvgIpc) is 2.81. The van der Waals surface area contributed by atoms with Crippen molar-refractivity contribution in [1.82, 2.24) is 4.90 Å². The van der Waals surface area contributed by atoms with Crippen LogP contribution in [-0.2, 0) is 16.1 Å². The monoisotopic (exact) mass is 458 g/mol. The van der Waals surface area contributed by atoms with Crippen LogP contribution in [0.2, 0.25) is 0 Å². The van der Waals surface area contributed by atoms with Crippen LogP contribution < -0.4 is 9.47 Å². The maximum atomic E-state index is 13.3. The third kappa shape index (κ3) is 5.55. The maximum absolute atomic E-state index is 13.3. The van der Waals surface area contributed by atoms with Crippen LogP contribution in [0.4, 0.5) is 0 Å². The summed E-state index contributed by atoms with van der Waals surface area (Å²) in [6.07, 6.45) is 2.61. The highest BCUT2D eigenvalue weighted by atomic mass is 16.5. The normalized spacial score (nSPS) is 15.2. The Labute approximate surface area is 201 Å². The van der Waals surface area contributed by atoms with Gasteiger partial charge in [0.15, 0.2) is 11.5 Å². The van der Waals surface area contributed by atoms with E-state index >= 15 is 0 Å². The second-order valence-electron chi connectivity index (χ2n) is 8.79. The number of methoxy groups -OCH3 is 1. The lowest BCUT2D eigenvalue weighted by atomic mass is 9.93. The number of amides is 2. The standard InChI is InChI=1S/C28H30N2O4/c1-18(2)12-13-34-25-11-10-22(15-26(25)33-5)14-23-20(4)24(16-29)28(32)30(27(23)31)17-21-8-6-19(3)7-9-21/h6-11,14-15,18H,12-13,17H2,1-5H3/b23-14+. The van der Waals surface area contributed by atoms with Gasteiger partial charge in [-0.2, -0.15) is 5.26 Å². The first-order chi connectivity index (χ1) is 16.2. The molecule has 2 amide bonds. The SMILES string of the molecule is COc1cc(/C=C2/C(=O)N(Cc3ccc(C)cc3)C(=O)C(C#N)=C2C)ccc1OCCC(C)C. The topological polar surface area (TPSA) is 79.6 Å². The van der Waals surface area contributed by atoms with E-state index in [4.69, 9.17) is 9.47 Å².